The number of fused-ring (bicyclic) bond motifs is 2. The highest BCUT2D eigenvalue weighted by Gasteiger charge is 2.15. The molecule has 0 unspecified atom stereocenters. The van der Waals surface area contributed by atoms with Gasteiger partial charge in [-0.2, -0.15) is 0 Å². The molecule has 0 aliphatic heterocycles. The highest BCUT2D eigenvalue weighted by molar-refractivity contribution is 5.96. The SMILES string of the molecule is O=C(NCc1nnc(-c2cccc3c(=O)c4ccccc4c(=O)[nH]c23)o1)c1ccccc1. The molecule has 3 aromatic carbocycles. The average Bonchev–Trinajstić information content (AvgIpc) is 3.27. The molecule has 0 saturated heterocycles. The van der Waals surface area contributed by atoms with Crippen LogP contribution in [-0.4, -0.2) is 21.1 Å². The van der Waals surface area contributed by atoms with Crippen molar-refractivity contribution in [2.24, 2.45) is 0 Å². The Hall–Kier alpha value is -4.59. The Kier molecular flexibility index (Phi) is 4.79. The monoisotopic (exact) mass is 424 g/mol. The summed E-state index contributed by atoms with van der Waals surface area (Å²) in [6, 6.07) is 20.4. The van der Waals surface area contributed by atoms with Gasteiger partial charge in [-0.05, 0) is 30.3 Å². The predicted molar refractivity (Wildman–Crippen MR) is 119 cm³/mol. The Morgan fingerprint density at radius 2 is 1.56 bits per heavy atom. The molecule has 0 bridgehead atoms. The van der Waals surface area contributed by atoms with Gasteiger partial charge in [-0.1, -0.05) is 42.5 Å². The zero-order valence-corrected chi connectivity index (χ0v) is 16.7. The molecule has 156 valence electrons. The van der Waals surface area contributed by atoms with Gasteiger partial charge in [0.1, 0.15) is 0 Å². The molecule has 0 saturated carbocycles. The zero-order chi connectivity index (χ0) is 22.1. The van der Waals surface area contributed by atoms with E-state index in [4.69, 9.17) is 4.42 Å². The van der Waals surface area contributed by atoms with Crippen molar-refractivity contribution in [3.05, 3.63) is 105 Å². The van der Waals surface area contributed by atoms with Crippen LogP contribution in [-0.2, 0) is 6.54 Å². The molecule has 8 heteroatoms. The van der Waals surface area contributed by atoms with Crippen LogP contribution in [0.5, 0.6) is 0 Å². The Balaban J connectivity index is 1.53. The second-order valence-corrected chi connectivity index (χ2v) is 7.11. The van der Waals surface area contributed by atoms with Gasteiger partial charge in [-0.3, -0.25) is 14.4 Å². The van der Waals surface area contributed by atoms with Gasteiger partial charge in [0.15, 0.2) is 5.43 Å². The molecule has 0 radical (unpaired) electrons. The van der Waals surface area contributed by atoms with E-state index in [1.165, 1.54) is 0 Å². The van der Waals surface area contributed by atoms with Crippen molar-refractivity contribution in [3.63, 3.8) is 0 Å². The topological polar surface area (TPSA) is 118 Å². The number of carbonyl (C=O) groups excluding carboxylic acids is 1. The standard InChI is InChI=1S/C24H16N4O4/c29-21-15-9-4-5-10-16(15)23(31)26-20-17(21)11-6-12-18(20)24-28-27-19(32-24)13-25-22(30)14-7-2-1-3-8-14/h1-12H,13H2,(H,25,30)(H,26,31). The van der Waals surface area contributed by atoms with Gasteiger partial charge >= 0.3 is 0 Å². The molecule has 0 atom stereocenters. The van der Waals surface area contributed by atoms with Crippen molar-refractivity contribution in [2.75, 3.05) is 0 Å². The maximum Gasteiger partial charge on any atom is 0.256 e. The van der Waals surface area contributed by atoms with Crippen LogP contribution >= 0.6 is 0 Å². The molecular weight excluding hydrogens is 408 g/mol. The summed E-state index contributed by atoms with van der Waals surface area (Å²) in [6.45, 7) is 0.0342. The van der Waals surface area contributed by atoms with Crippen LogP contribution in [0.1, 0.15) is 16.2 Å². The lowest BCUT2D eigenvalue weighted by Crippen LogP contribution is -2.22. The molecule has 2 aromatic heterocycles. The van der Waals surface area contributed by atoms with Crippen molar-refractivity contribution in [1.29, 1.82) is 0 Å². The van der Waals surface area contributed by atoms with Gasteiger partial charge in [0.2, 0.25) is 11.8 Å². The van der Waals surface area contributed by atoms with Crippen LogP contribution in [0.25, 0.3) is 33.1 Å². The number of nitrogens with zero attached hydrogens (tertiary/aromatic N) is 2. The summed E-state index contributed by atoms with van der Waals surface area (Å²) in [4.78, 5) is 40.8. The lowest BCUT2D eigenvalue weighted by molar-refractivity contribution is 0.0947. The number of rotatable bonds is 4. The Labute approximate surface area is 180 Å². The summed E-state index contributed by atoms with van der Waals surface area (Å²) in [5, 5.41) is 11.7. The van der Waals surface area contributed by atoms with Crippen molar-refractivity contribution in [1.82, 2.24) is 20.5 Å². The van der Waals surface area contributed by atoms with Gasteiger partial charge in [0.25, 0.3) is 11.5 Å². The van der Waals surface area contributed by atoms with Crippen molar-refractivity contribution < 1.29 is 9.21 Å². The van der Waals surface area contributed by atoms with E-state index in [1.807, 2.05) is 6.07 Å². The molecule has 0 spiro atoms. The first kappa shape index (κ1) is 19.4. The van der Waals surface area contributed by atoms with E-state index < -0.39 is 5.56 Å². The fraction of sp³-hybridized carbons (Fsp3) is 0.0417. The van der Waals surface area contributed by atoms with Crippen LogP contribution in [0, 0.1) is 0 Å². The van der Waals surface area contributed by atoms with Gasteiger partial charge < -0.3 is 14.7 Å². The number of H-pyrrole nitrogens is 1. The van der Waals surface area contributed by atoms with E-state index in [-0.39, 0.29) is 29.7 Å². The maximum absolute atomic E-state index is 13.1. The first-order chi connectivity index (χ1) is 15.6. The number of hydrogen-bond donors (Lipinski definition) is 2. The quantitative estimate of drug-likeness (QED) is 0.458. The van der Waals surface area contributed by atoms with E-state index in [2.05, 4.69) is 20.5 Å². The molecule has 2 N–H and O–H groups in total. The number of carbonyl (C=O) groups is 1. The Morgan fingerprint density at radius 1 is 0.844 bits per heavy atom. The third kappa shape index (κ3) is 3.43. The van der Waals surface area contributed by atoms with E-state index in [9.17, 15) is 14.4 Å². The molecule has 0 fully saturated rings. The molecule has 5 aromatic rings. The van der Waals surface area contributed by atoms with Crippen molar-refractivity contribution >= 4 is 27.6 Å². The normalized spacial score (nSPS) is 11.0. The van der Waals surface area contributed by atoms with E-state index in [0.29, 0.717) is 32.8 Å². The van der Waals surface area contributed by atoms with Gasteiger partial charge in [-0.25, -0.2) is 0 Å². The minimum atomic E-state index is -0.394. The predicted octanol–water partition coefficient (Wildman–Crippen LogP) is 3.02. The fourth-order valence-corrected chi connectivity index (χ4v) is 3.54. The lowest BCUT2D eigenvalue weighted by atomic mass is 10.1. The number of benzene rings is 3. The molecule has 5 rings (SSSR count). The summed E-state index contributed by atoms with van der Waals surface area (Å²) in [7, 11) is 0. The number of para-hydroxylation sites is 1. The summed E-state index contributed by atoms with van der Waals surface area (Å²) < 4.78 is 5.71. The van der Waals surface area contributed by atoms with Crippen LogP contribution in [0.15, 0.2) is 86.8 Å². The van der Waals surface area contributed by atoms with E-state index in [0.717, 1.165) is 0 Å². The van der Waals surface area contributed by atoms with Gasteiger partial charge in [0.05, 0.1) is 23.0 Å². The summed E-state index contributed by atoms with van der Waals surface area (Å²) in [5.74, 6) is 0.0517. The summed E-state index contributed by atoms with van der Waals surface area (Å²) in [5.41, 5.74) is 0.578. The average molecular weight is 424 g/mol. The molecule has 0 aliphatic rings. The smallest absolute Gasteiger partial charge is 0.256 e. The van der Waals surface area contributed by atoms with Gasteiger partial charge in [0, 0.05) is 16.3 Å². The number of hydrogen-bond acceptors (Lipinski definition) is 6. The fourth-order valence-electron chi connectivity index (χ4n) is 3.54. The molecule has 8 nitrogen and oxygen atoms in total. The van der Waals surface area contributed by atoms with Crippen LogP contribution < -0.4 is 16.3 Å². The Bertz CT molecular complexity index is 1590. The van der Waals surface area contributed by atoms with Crippen molar-refractivity contribution in [3.8, 4) is 11.5 Å². The number of aromatic nitrogens is 3. The lowest BCUT2D eigenvalue weighted by Gasteiger charge is -2.02. The highest BCUT2D eigenvalue weighted by atomic mass is 16.4. The highest BCUT2D eigenvalue weighted by Crippen LogP contribution is 2.24. The minimum Gasteiger partial charge on any atom is -0.419 e. The number of aromatic amines is 1. The maximum atomic E-state index is 13.1. The largest absolute Gasteiger partial charge is 0.419 e. The molecule has 0 aliphatic carbocycles. The molecule has 1 amide bonds. The van der Waals surface area contributed by atoms with E-state index in [1.54, 1.807) is 66.7 Å². The van der Waals surface area contributed by atoms with Crippen molar-refractivity contribution in [2.45, 2.75) is 6.54 Å². The molecule has 32 heavy (non-hydrogen) atoms. The summed E-state index contributed by atoms with van der Waals surface area (Å²) in [6.07, 6.45) is 0. The minimum absolute atomic E-state index is 0.0342. The number of amides is 1. The summed E-state index contributed by atoms with van der Waals surface area (Å²) >= 11 is 0. The first-order valence-corrected chi connectivity index (χ1v) is 9.86. The third-order valence-electron chi connectivity index (χ3n) is 5.10. The molecule has 2 heterocycles. The zero-order valence-electron chi connectivity index (χ0n) is 16.7. The van der Waals surface area contributed by atoms with E-state index >= 15 is 0 Å². The van der Waals surface area contributed by atoms with Crippen LogP contribution in [0.2, 0.25) is 0 Å². The molecular formula is C24H16N4O4. The van der Waals surface area contributed by atoms with Gasteiger partial charge in [-0.15, -0.1) is 10.2 Å². The number of nitrogens with one attached hydrogen (secondary N) is 2. The second kappa shape index (κ2) is 7.92. The third-order valence-corrected chi connectivity index (χ3v) is 5.10. The van der Waals surface area contributed by atoms with Crippen LogP contribution in [0.4, 0.5) is 0 Å². The first-order valence-electron chi connectivity index (χ1n) is 9.86. The second-order valence-electron chi connectivity index (χ2n) is 7.11. The Morgan fingerprint density at radius 3 is 2.38 bits per heavy atom. The van der Waals surface area contributed by atoms with Crippen LogP contribution in [0.3, 0.4) is 0 Å².